The predicted octanol–water partition coefficient (Wildman–Crippen LogP) is 2.38. The lowest BCUT2D eigenvalue weighted by atomic mass is 10.2. The van der Waals surface area contributed by atoms with Crippen molar-refractivity contribution in [2.75, 3.05) is 26.4 Å². The van der Waals surface area contributed by atoms with Crippen LogP contribution in [0.1, 0.15) is 6.92 Å². The van der Waals surface area contributed by atoms with Crippen LogP contribution in [0.2, 0.25) is 0 Å². The number of imidazole rings is 1. The molecule has 0 aliphatic rings. The average Bonchev–Trinajstić information content (AvgIpc) is 3.24. The zero-order valence-corrected chi connectivity index (χ0v) is 15.9. The number of nitrogen functional groups attached to an aromatic ring is 1. The average molecular weight is 379 g/mol. The molecule has 0 radical (unpaired) electrons. The van der Waals surface area contributed by atoms with Crippen LogP contribution in [-0.4, -0.2) is 56.5 Å². The van der Waals surface area contributed by atoms with E-state index in [4.69, 9.17) is 15.1 Å². The largest absolute Gasteiger partial charge is 0.489 e. The molecular weight excluding hydrogens is 358 g/mol. The van der Waals surface area contributed by atoms with Gasteiger partial charge in [0.25, 0.3) is 0 Å². The second-order valence-electron chi connectivity index (χ2n) is 6.82. The standard InChI is InChI=1S/C19H21N7O2/c1-12(11-25(2)3)27-14-6-4-13(5-7-14)26-16-8-9-21-10-15(16)22-19(26)17-18(20)24-28-23-17/h4-10,12H,11H2,1-3H3,(H2,20,24). The number of benzene rings is 1. The minimum Gasteiger partial charge on any atom is -0.489 e. The van der Waals surface area contributed by atoms with Gasteiger partial charge in [-0.3, -0.25) is 9.55 Å². The van der Waals surface area contributed by atoms with Gasteiger partial charge in [-0.1, -0.05) is 0 Å². The Kier molecular flexibility index (Phi) is 4.66. The van der Waals surface area contributed by atoms with Gasteiger partial charge >= 0.3 is 0 Å². The molecular formula is C19H21N7O2. The van der Waals surface area contributed by atoms with Gasteiger partial charge in [0.15, 0.2) is 17.3 Å². The second kappa shape index (κ2) is 7.28. The fourth-order valence-corrected chi connectivity index (χ4v) is 3.16. The quantitative estimate of drug-likeness (QED) is 0.544. The topological polar surface area (TPSA) is 108 Å². The molecule has 0 aliphatic carbocycles. The molecule has 9 heteroatoms. The van der Waals surface area contributed by atoms with E-state index in [1.807, 2.05) is 55.9 Å². The molecule has 0 saturated carbocycles. The maximum atomic E-state index is 5.97. The maximum absolute atomic E-state index is 5.97. The summed E-state index contributed by atoms with van der Waals surface area (Å²) in [6, 6.07) is 9.68. The molecule has 9 nitrogen and oxygen atoms in total. The van der Waals surface area contributed by atoms with E-state index >= 15 is 0 Å². The summed E-state index contributed by atoms with van der Waals surface area (Å²) in [7, 11) is 4.04. The molecule has 0 aliphatic heterocycles. The summed E-state index contributed by atoms with van der Waals surface area (Å²) in [5.41, 5.74) is 8.77. The summed E-state index contributed by atoms with van der Waals surface area (Å²) in [6.45, 7) is 2.88. The summed E-state index contributed by atoms with van der Waals surface area (Å²) in [5.74, 6) is 1.52. The first-order chi connectivity index (χ1) is 13.5. The lowest BCUT2D eigenvalue weighted by molar-refractivity contribution is 0.177. The van der Waals surface area contributed by atoms with Gasteiger partial charge in [0, 0.05) is 18.4 Å². The van der Waals surface area contributed by atoms with Crippen LogP contribution in [0, 0.1) is 0 Å². The predicted molar refractivity (Wildman–Crippen MR) is 105 cm³/mol. The van der Waals surface area contributed by atoms with E-state index in [2.05, 4.69) is 25.2 Å². The SMILES string of the molecule is CC(CN(C)C)Oc1ccc(-n2c(-c3nonc3N)nc3cnccc32)cc1. The van der Waals surface area contributed by atoms with Gasteiger partial charge in [0.2, 0.25) is 0 Å². The van der Waals surface area contributed by atoms with Crippen LogP contribution < -0.4 is 10.5 Å². The van der Waals surface area contributed by atoms with Crippen LogP contribution in [0.25, 0.3) is 28.2 Å². The molecule has 0 amide bonds. The third-order valence-corrected chi connectivity index (χ3v) is 4.24. The molecule has 1 unspecified atom stereocenters. The van der Waals surface area contributed by atoms with Crippen molar-refractivity contribution < 1.29 is 9.37 Å². The number of pyridine rings is 1. The number of anilines is 1. The van der Waals surface area contributed by atoms with Crippen molar-refractivity contribution in [1.82, 2.24) is 29.7 Å². The van der Waals surface area contributed by atoms with Crippen molar-refractivity contribution >= 4 is 16.9 Å². The van der Waals surface area contributed by atoms with E-state index in [0.29, 0.717) is 11.5 Å². The number of fused-ring (bicyclic) bond motifs is 1. The number of hydrogen-bond donors (Lipinski definition) is 1. The molecule has 0 spiro atoms. The van der Waals surface area contributed by atoms with Crippen molar-refractivity contribution in [3.8, 4) is 23.0 Å². The Morgan fingerprint density at radius 1 is 1.18 bits per heavy atom. The highest BCUT2D eigenvalue weighted by Gasteiger charge is 2.20. The van der Waals surface area contributed by atoms with Gasteiger partial charge in [0.05, 0.1) is 11.7 Å². The van der Waals surface area contributed by atoms with Gasteiger partial charge in [0.1, 0.15) is 17.4 Å². The first-order valence-corrected chi connectivity index (χ1v) is 8.85. The van der Waals surface area contributed by atoms with E-state index in [-0.39, 0.29) is 11.9 Å². The normalized spacial score (nSPS) is 12.6. The van der Waals surface area contributed by atoms with Gasteiger partial charge in [-0.05, 0) is 61.7 Å². The van der Waals surface area contributed by atoms with E-state index in [9.17, 15) is 0 Å². The highest BCUT2D eigenvalue weighted by atomic mass is 16.6. The fraction of sp³-hybridized carbons (Fsp3) is 0.263. The number of aromatic nitrogens is 5. The van der Waals surface area contributed by atoms with E-state index < -0.39 is 0 Å². The summed E-state index contributed by atoms with van der Waals surface area (Å²) in [6.07, 6.45) is 3.49. The number of rotatable bonds is 6. The van der Waals surface area contributed by atoms with Gasteiger partial charge in [-0.15, -0.1) is 0 Å². The Balaban J connectivity index is 1.74. The Hall–Kier alpha value is -3.46. The van der Waals surface area contributed by atoms with Crippen LogP contribution in [0.3, 0.4) is 0 Å². The number of likely N-dealkylation sites (N-methyl/N-ethyl adjacent to an activating group) is 1. The molecule has 4 rings (SSSR count). The fourth-order valence-electron chi connectivity index (χ4n) is 3.16. The minimum atomic E-state index is 0.0811. The zero-order chi connectivity index (χ0) is 19.7. The third-order valence-electron chi connectivity index (χ3n) is 4.24. The van der Waals surface area contributed by atoms with Crippen LogP contribution >= 0.6 is 0 Å². The van der Waals surface area contributed by atoms with Crippen molar-refractivity contribution in [1.29, 1.82) is 0 Å². The molecule has 0 saturated heterocycles. The van der Waals surface area contributed by atoms with Gasteiger partial charge in [-0.25, -0.2) is 9.61 Å². The highest BCUT2D eigenvalue weighted by molar-refractivity contribution is 5.83. The summed E-state index contributed by atoms with van der Waals surface area (Å²) >= 11 is 0. The second-order valence-corrected chi connectivity index (χ2v) is 6.82. The Morgan fingerprint density at radius 2 is 1.96 bits per heavy atom. The van der Waals surface area contributed by atoms with Crippen molar-refractivity contribution in [3.05, 3.63) is 42.7 Å². The van der Waals surface area contributed by atoms with Gasteiger partial charge < -0.3 is 15.4 Å². The number of hydrogen-bond acceptors (Lipinski definition) is 8. The first-order valence-electron chi connectivity index (χ1n) is 8.85. The van der Waals surface area contributed by atoms with Crippen LogP contribution in [0.15, 0.2) is 47.4 Å². The van der Waals surface area contributed by atoms with Crippen molar-refractivity contribution in [2.45, 2.75) is 13.0 Å². The monoisotopic (exact) mass is 379 g/mol. The third kappa shape index (κ3) is 3.39. The van der Waals surface area contributed by atoms with Crippen molar-refractivity contribution in [3.63, 3.8) is 0 Å². The molecule has 0 bridgehead atoms. The number of nitrogens with two attached hydrogens (primary N) is 1. The van der Waals surface area contributed by atoms with Crippen LogP contribution in [-0.2, 0) is 0 Å². The molecule has 0 fully saturated rings. The molecule has 3 aromatic heterocycles. The lowest BCUT2D eigenvalue weighted by Gasteiger charge is -2.19. The summed E-state index contributed by atoms with van der Waals surface area (Å²) in [5, 5.41) is 7.57. The molecule has 1 aromatic carbocycles. The van der Waals surface area contributed by atoms with E-state index in [1.165, 1.54) is 0 Å². The molecule has 3 heterocycles. The lowest BCUT2D eigenvalue weighted by Crippen LogP contribution is -2.27. The smallest absolute Gasteiger partial charge is 0.199 e. The number of nitrogens with zero attached hydrogens (tertiary/aromatic N) is 6. The maximum Gasteiger partial charge on any atom is 0.199 e. The zero-order valence-electron chi connectivity index (χ0n) is 15.9. The molecule has 2 N–H and O–H groups in total. The summed E-state index contributed by atoms with van der Waals surface area (Å²) < 4.78 is 12.7. The van der Waals surface area contributed by atoms with E-state index in [0.717, 1.165) is 29.0 Å². The molecule has 144 valence electrons. The first kappa shape index (κ1) is 17.9. The van der Waals surface area contributed by atoms with E-state index in [1.54, 1.807) is 12.4 Å². The van der Waals surface area contributed by atoms with Gasteiger partial charge in [-0.2, -0.15) is 0 Å². The Morgan fingerprint density at radius 3 is 2.64 bits per heavy atom. The molecule has 1 atom stereocenters. The Bertz CT molecular complexity index is 1090. The number of ether oxygens (including phenoxy) is 1. The van der Waals surface area contributed by atoms with Crippen LogP contribution in [0.5, 0.6) is 5.75 Å². The molecule has 4 aromatic rings. The Labute approximate surface area is 161 Å². The molecule has 28 heavy (non-hydrogen) atoms. The van der Waals surface area contributed by atoms with Crippen molar-refractivity contribution in [2.24, 2.45) is 0 Å². The summed E-state index contributed by atoms with van der Waals surface area (Å²) in [4.78, 5) is 10.9. The highest BCUT2D eigenvalue weighted by Crippen LogP contribution is 2.30. The van der Waals surface area contributed by atoms with Crippen LogP contribution in [0.4, 0.5) is 5.82 Å². The minimum absolute atomic E-state index is 0.0811.